The molecule has 0 saturated carbocycles. The zero-order valence-corrected chi connectivity index (χ0v) is 17.2. The summed E-state index contributed by atoms with van der Waals surface area (Å²) in [7, 11) is 0. The van der Waals surface area contributed by atoms with Gasteiger partial charge in [0, 0.05) is 23.7 Å². The third kappa shape index (κ3) is 3.76. The minimum absolute atomic E-state index is 0.0283. The van der Waals surface area contributed by atoms with Crippen molar-refractivity contribution in [2.24, 2.45) is 0 Å². The van der Waals surface area contributed by atoms with Gasteiger partial charge in [-0.3, -0.25) is 9.59 Å². The van der Waals surface area contributed by atoms with E-state index in [1.807, 2.05) is 6.07 Å². The van der Waals surface area contributed by atoms with E-state index in [2.05, 4.69) is 4.98 Å². The van der Waals surface area contributed by atoms with Crippen LogP contribution >= 0.6 is 0 Å². The molecule has 1 heterocycles. The van der Waals surface area contributed by atoms with E-state index in [0.717, 1.165) is 0 Å². The number of carbonyl (C=O) groups is 3. The Balaban J connectivity index is 1.73. The van der Waals surface area contributed by atoms with Gasteiger partial charge in [-0.1, -0.05) is 30.3 Å². The summed E-state index contributed by atoms with van der Waals surface area (Å²) >= 11 is 0. The molecule has 8 heteroatoms. The summed E-state index contributed by atoms with van der Waals surface area (Å²) < 4.78 is 6.32. The van der Waals surface area contributed by atoms with Gasteiger partial charge in [-0.15, -0.1) is 0 Å². The lowest BCUT2D eigenvalue weighted by Gasteiger charge is -2.14. The SMILES string of the molecule is CCOC(=O)Cc1cccc2c1CC(n1cc(-c3cccc(C#N)c3)nc1C(=O)[O-])C2=O. The molecule has 1 aromatic heterocycles. The van der Waals surface area contributed by atoms with E-state index >= 15 is 0 Å². The minimum Gasteiger partial charge on any atom is -0.542 e. The highest BCUT2D eigenvalue weighted by Crippen LogP contribution is 2.35. The molecule has 1 aliphatic carbocycles. The zero-order valence-electron chi connectivity index (χ0n) is 17.2. The van der Waals surface area contributed by atoms with Crippen LogP contribution in [0.15, 0.2) is 48.7 Å². The number of esters is 1. The molecule has 0 radical (unpaired) electrons. The van der Waals surface area contributed by atoms with E-state index < -0.39 is 18.0 Å². The van der Waals surface area contributed by atoms with Gasteiger partial charge in [-0.05, 0) is 30.2 Å². The number of ketones is 1. The molecule has 0 bridgehead atoms. The number of fused-ring (bicyclic) bond motifs is 1. The number of Topliss-reactive ketones (excluding diaryl/α,β-unsaturated/α-hetero) is 1. The monoisotopic (exact) mass is 428 g/mol. The third-order valence-electron chi connectivity index (χ3n) is 5.42. The van der Waals surface area contributed by atoms with E-state index in [9.17, 15) is 19.5 Å². The van der Waals surface area contributed by atoms with Crippen LogP contribution in [0, 0.1) is 11.3 Å². The van der Waals surface area contributed by atoms with Crippen LogP contribution in [0.1, 0.15) is 50.6 Å². The van der Waals surface area contributed by atoms with Gasteiger partial charge in [0.2, 0.25) is 0 Å². The van der Waals surface area contributed by atoms with Gasteiger partial charge < -0.3 is 19.2 Å². The number of nitrogens with zero attached hydrogens (tertiary/aromatic N) is 3. The molecule has 0 spiro atoms. The van der Waals surface area contributed by atoms with Crippen molar-refractivity contribution in [3.8, 4) is 17.3 Å². The molecule has 1 atom stereocenters. The second-order valence-electron chi connectivity index (χ2n) is 7.35. The number of hydrogen-bond donors (Lipinski definition) is 0. The van der Waals surface area contributed by atoms with Crippen molar-refractivity contribution in [3.05, 3.63) is 76.7 Å². The number of ether oxygens (including phenoxy) is 1. The van der Waals surface area contributed by atoms with Gasteiger partial charge in [0.1, 0.15) is 12.0 Å². The summed E-state index contributed by atoms with van der Waals surface area (Å²) in [6.45, 7) is 1.98. The Kier molecular flexibility index (Phi) is 5.56. The van der Waals surface area contributed by atoms with Crippen molar-refractivity contribution in [2.75, 3.05) is 6.61 Å². The molecule has 0 amide bonds. The molecule has 1 aliphatic rings. The Hall–Kier alpha value is -4.25. The van der Waals surface area contributed by atoms with Crippen LogP contribution in [0.4, 0.5) is 0 Å². The lowest BCUT2D eigenvalue weighted by Crippen LogP contribution is -2.29. The van der Waals surface area contributed by atoms with Crippen LogP contribution < -0.4 is 5.11 Å². The first-order valence-electron chi connectivity index (χ1n) is 10.0. The van der Waals surface area contributed by atoms with Crippen LogP contribution in [-0.2, 0) is 22.4 Å². The normalized spacial score (nSPS) is 14.6. The predicted molar refractivity (Wildman–Crippen MR) is 111 cm³/mol. The third-order valence-corrected chi connectivity index (χ3v) is 5.42. The van der Waals surface area contributed by atoms with Crippen molar-refractivity contribution < 1.29 is 24.2 Å². The summed E-state index contributed by atoms with van der Waals surface area (Å²) in [5.41, 5.74) is 3.09. The van der Waals surface area contributed by atoms with Gasteiger partial charge in [0.05, 0.1) is 30.4 Å². The molecule has 0 saturated heterocycles. The lowest BCUT2D eigenvalue weighted by molar-refractivity contribution is -0.256. The van der Waals surface area contributed by atoms with Gasteiger partial charge >= 0.3 is 5.97 Å². The van der Waals surface area contributed by atoms with Gasteiger partial charge in [0.15, 0.2) is 11.6 Å². The molecule has 4 rings (SSSR count). The average Bonchev–Trinajstić information content (AvgIpc) is 3.37. The summed E-state index contributed by atoms with van der Waals surface area (Å²) in [4.78, 5) is 41.1. The van der Waals surface area contributed by atoms with Crippen LogP contribution in [0.25, 0.3) is 11.3 Å². The molecule has 0 fully saturated rings. The van der Waals surface area contributed by atoms with Crippen molar-refractivity contribution >= 4 is 17.7 Å². The fraction of sp³-hybridized carbons (Fsp3) is 0.208. The van der Waals surface area contributed by atoms with Crippen molar-refractivity contribution in [2.45, 2.75) is 25.8 Å². The Morgan fingerprint density at radius 2 is 2.06 bits per heavy atom. The largest absolute Gasteiger partial charge is 0.542 e. The summed E-state index contributed by atoms with van der Waals surface area (Å²) in [6, 6.07) is 12.9. The molecule has 1 unspecified atom stereocenters. The predicted octanol–water partition coefficient (Wildman–Crippen LogP) is 1.87. The van der Waals surface area contributed by atoms with Crippen LogP contribution in [0.5, 0.6) is 0 Å². The molecular formula is C24H18N3O5-. The fourth-order valence-corrected chi connectivity index (χ4v) is 4.00. The van der Waals surface area contributed by atoms with E-state index in [4.69, 9.17) is 10.00 Å². The number of carboxylic acid groups (broad SMARTS) is 1. The number of nitriles is 1. The van der Waals surface area contributed by atoms with E-state index in [1.54, 1.807) is 49.4 Å². The van der Waals surface area contributed by atoms with Crippen LogP contribution in [-0.4, -0.2) is 33.9 Å². The molecule has 0 aliphatic heterocycles. The molecular weight excluding hydrogens is 410 g/mol. The first-order valence-corrected chi connectivity index (χ1v) is 10.0. The Morgan fingerprint density at radius 3 is 2.78 bits per heavy atom. The van der Waals surface area contributed by atoms with Crippen molar-refractivity contribution in [1.82, 2.24) is 9.55 Å². The summed E-state index contributed by atoms with van der Waals surface area (Å²) in [5.74, 6) is -2.54. The number of carbonyl (C=O) groups excluding carboxylic acids is 3. The summed E-state index contributed by atoms with van der Waals surface area (Å²) in [6.07, 6.45) is 1.74. The first kappa shape index (κ1) is 21.0. The standard InChI is InChI=1S/C24H19N3O5/c1-2-32-21(28)10-15-6-4-8-17-18(15)11-20(22(17)29)27-13-19(26-23(27)24(30)31)16-7-3-5-14(9-16)12-25/h3-9,13,20H,2,10-11H2,1H3,(H,30,31)/p-1. The van der Waals surface area contributed by atoms with Gasteiger partial charge in [-0.25, -0.2) is 4.98 Å². The number of aromatic nitrogens is 2. The zero-order chi connectivity index (χ0) is 22.8. The summed E-state index contributed by atoms with van der Waals surface area (Å²) in [5, 5.41) is 20.9. The maximum Gasteiger partial charge on any atom is 0.310 e. The van der Waals surface area contributed by atoms with E-state index in [-0.39, 0.29) is 31.1 Å². The highest BCUT2D eigenvalue weighted by Gasteiger charge is 2.35. The van der Waals surface area contributed by atoms with E-state index in [1.165, 1.54) is 10.8 Å². The number of rotatable bonds is 6. The Morgan fingerprint density at radius 1 is 1.28 bits per heavy atom. The second kappa shape index (κ2) is 8.47. The number of carboxylic acids is 1. The second-order valence-corrected chi connectivity index (χ2v) is 7.35. The Bertz CT molecular complexity index is 1290. The van der Waals surface area contributed by atoms with Crippen LogP contribution in [0.2, 0.25) is 0 Å². The highest BCUT2D eigenvalue weighted by molar-refractivity contribution is 6.04. The highest BCUT2D eigenvalue weighted by atomic mass is 16.5. The molecule has 2 aromatic carbocycles. The molecule has 0 N–H and O–H groups in total. The van der Waals surface area contributed by atoms with Gasteiger partial charge in [0.25, 0.3) is 0 Å². The van der Waals surface area contributed by atoms with Gasteiger partial charge in [-0.2, -0.15) is 5.26 Å². The average molecular weight is 428 g/mol. The molecule has 8 nitrogen and oxygen atoms in total. The number of benzene rings is 2. The molecule has 160 valence electrons. The Labute approximate surface area is 183 Å². The lowest BCUT2D eigenvalue weighted by atomic mass is 10.0. The maximum absolute atomic E-state index is 13.2. The van der Waals surface area contributed by atoms with E-state index in [0.29, 0.717) is 33.5 Å². The fourth-order valence-electron chi connectivity index (χ4n) is 4.00. The maximum atomic E-state index is 13.2. The minimum atomic E-state index is -1.51. The molecule has 3 aromatic rings. The van der Waals surface area contributed by atoms with Crippen molar-refractivity contribution in [3.63, 3.8) is 0 Å². The number of aromatic carboxylic acids is 1. The molecule has 32 heavy (non-hydrogen) atoms. The first-order chi connectivity index (χ1) is 15.4. The number of imidazole rings is 1. The smallest absolute Gasteiger partial charge is 0.310 e. The van der Waals surface area contributed by atoms with Crippen molar-refractivity contribution in [1.29, 1.82) is 5.26 Å². The van der Waals surface area contributed by atoms with Crippen LogP contribution in [0.3, 0.4) is 0 Å². The number of hydrogen-bond acceptors (Lipinski definition) is 7. The quantitative estimate of drug-likeness (QED) is 0.549. The topological polar surface area (TPSA) is 125 Å².